The number of carbonyl (C=O) groups is 1. The SMILES string of the molecule is COCCNC(=O)c1cc(C)nc(N2CCCC(C)C2)n1. The van der Waals surface area contributed by atoms with Crippen molar-refractivity contribution < 1.29 is 9.53 Å². The fraction of sp³-hybridized carbons (Fsp3) is 0.667. The smallest absolute Gasteiger partial charge is 0.270 e. The average Bonchev–Trinajstić information content (AvgIpc) is 2.47. The molecular formula is C15H24N4O2. The standard InChI is InChI=1S/C15H24N4O2/c1-11-5-4-7-19(10-11)15-17-12(2)9-13(18-15)14(20)16-6-8-21-3/h9,11H,4-8,10H2,1-3H3,(H,16,20). The highest BCUT2D eigenvalue weighted by Gasteiger charge is 2.20. The molecule has 0 radical (unpaired) electrons. The number of ether oxygens (including phenoxy) is 1. The Kier molecular flexibility index (Phi) is 5.50. The highest BCUT2D eigenvalue weighted by molar-refractivity contribution is 5.92. The summed E-state index contributed by atoms with van der Waals surface area (Å²) >= 11 is 0. The second kappa shape index (κ2) is 7.36. The van der Waals surface area contributed by atoms with Gasteiger partial charge in [0.2, 0.25) is 5.95 Å². The van der Waals surface area contributed by atoms with Crippen molar-refractivity contribution in [3.05, 3.63) is 17.5 Å². The van der Waals surface area contributed by atoms with Crippen molar-refractivity contribution in [2.45, 2.75) is 26.7 Å². The summed E-state index contributed by atoms with van der Waals surface area (Å²) in [6, 6.07) is 1.72. The number of aromatic nitrogens is 2. The molecule has 6 nitrogen and oxygen atoms in total. The molecule has 21 heavy (non-hydrogen) atoms. The molecule has 1 aliphatic heterocycles. The summed E-state index contributed by atoms with van der Waals surface area (Å²) in [4.78, 5) is 23.2. The van der Waals surface area contributed by atoms with E-state index in [2.05, 4.69) is 27.1 Å². The molecule has 6 heteroatoms. The molecule has 0 saturated carbocycles. The first kappa shape index (κ1) is 15.7. The Morgan fingerprint density at radius 1 is 1.52 bits per heavy atom. The minimum atomic E-state index is -0.177. The summed E-state index contributed by atoms with van der Waals surface area (Å²) in [5, 5.41) is 2.79. The molecule has 0 aromatic carbocycles. The van der Waals surface area contributed by atoms with Gasteiger partial charge in [-0.25, -0.2) is 9.97 Å². The van der Waals surface area contributed by atoms with Gasteiger partial charge in [-0.15, -0.1) is 0 Å². The number of carbonyl (C=O) groups excluding carboxylic acids is 1. The van der Waals surface area contributed by atoms with Crippen LogP contribution in [-0.4, -0.2) is 49.2 Å². The molecule has 1 atom stereocenters. The summed E-state index contributed by atoms with van der Waals surface area (Å²) in [6.07, 6.45) is 2.39. The summed E-state index contributed by atoms with van der Waals surface area (Å²) in [5.41, 5.74) is 1.24. The van der Waals surface area contributed by atoms with Crippen molar-refractivity contribution in [1.82, 2.24) is 15.3 Å². The Morgan fingerprint density at radius 2 is 2.33 bits per heavy atom. The van der Waals surface area contributed by atoms with Crippen LogP contribution in [0.1, 0.15) is 35.9 Å². The number of hydrogen-bond acceptors (Lipinski definition) is 5. The monoisotopic (exact) mass is 292 g/mol. The Morgan fingerprint density at radius 3 is 3.05 bits per heavy atom. The van der Waals surface area contributed by atoms with E-state index in [0.717, 1.165) is 25.2 Å². The van der Waals surface area contributed by atoms with Crippen LogP contribution in [0.25, 0.3) is 0 Å². The highest BCUT2D eigenvalue weighted by Crippen LogP contribution is 2.20. The third-order valence-corrected chi connectivity index (χ3v) is 3.61. The second-order valence-corrected chi connectivity index (χ2v) is 5.64. The molecule has 0 bridgehead atoms. The summed E-state index contributed by atoms with van der Waals surface area (Å²) in [6.45, 7) is 7.01. The van der Waals surface area contributed by atoms with Gasteiger partial charge in [0.25, 0.3) is 5.91 Å². The number of hydrogen-bond donors (Lipinski definition) is 1. The van der Waals surface area contributed by atoms with Crippen molar-refractivity contribution >= 4 is 11.9 Å². The van der Waals surface area contributed by atoms with Gasteiger partial charge in [0.15, 0.2) is 0 Å². The van der Waals surface area contributed by atoms with Crippen molar-refractivity contribution in [1.29, 1.82) is 0 Å². The molecule has 116 valence electrons. The maximum absolute atomic E-state index is 12.1. The first-order valence-corrected chi connectivity index (χ1v) is 7.48. The van der Waals surface area contributed by atoms with E-state index in [1.807, 2.05) is 6.92 Å². The Labute approximate surface area is 125 Å². The van der Waals surface area contributed by atoms with Gasteiger partial charge >= 0.3 is 0 Å². The molecule has 0 spiro atoms. The molecule has 1 saturated heterocycles. The summed E-state index contributed by atoms with van der Waals surface area (Å²) in [7, 11) is 1.61. The number of nitrogens with one attached hydrogen (secondary N) is 1. The lowest BCUT2D eigenvalue weighted by molar-refractivity contribution is 0.0932. The number of rotatable bonds is 5. The molecule has 1 N–H and O–H groups in total. The van der Waals surface area contributed by atoms with E-state index in [1.54, 1.807) is 13.2 Å². The predicted molar refractivity (Wildman–Crippen MR) is 81.6 cm³/mol. The molecule has 0 aliphatic carbocycles. The Hall–Kier alpha value is -1.69. The van der Waals surface area contributed by atoms with Crippen LogP contribution < -0.4 is 10.2 Å². The van der Waals surface area contributed by atoms with E-state index in [0.29, 0.717) is 30.7 Å². The zero-order chi connectivity index (χ0) is 15.2. The van der Waals surface area contributed by atoms with Crippen LogP contribution in [0.4, 0.5) is 5.95 Å². The Balaban J connectivity index is 2.11. The van der Waals surface area contributed by atoms with Gasteiger partial charge in [0.1, 0.15) is 5.69 Å². The van der Waals surface area contributed by atoms with Gasteiger partial charge < -0.3 is 15.0 Å². The molecule has 1 aliphatic rings. The number of piperidine rings is 1. The zero-order valence-electron chi connectivity index (χ0n) is 13.1. The van der Waals surface area contributed by atoms with E-state index < -0.39 is 0 Å². The first-order chi connectivity index (χ1) is 10.1. The lowest BCUT2D eigenvalue weighted by Gasteiger charge is -2.31. The van der Waals surface area contributed by atoms with Crippen LogP contribution in [0, 0.1) is 12.8 Å². The first-order valence-electron chi connectivity index (χ1n) is 7.48. The van der Waals surface area contributed by atoms with Crippen LogP contribution in [0.2, 0.25) is 0 Å². The quantitative estimate of drug-likeness (QED) is 0.831. The third kappa shape index (κ3) is 4.39. The zero-order valence-corrected chi connectivity index (χ0v) is 13.1. The second-order valence-electron chi connectivity index (χ2n) is 5.64. The van der Waals surface area contributed by atoms with Gasteiger partial charge in [-0.1, -0.05) is 6.92 Å². The normalized spacial score (nSPS) is 18.6. The molecule has 2 rings (SSSR count). The predicted octanol–water partition coefficient (Wildman–Crippen LogP) is 1.40. The molecule has 1 amide bonds. The van der Waals surface area contributed by atoms with Crippen molar-refractivity contribution in [3.63, 3.8) is 0 Å². The topological polar surface area (TPSA) is 67.3 Å². The van der Waals surface area contributed by atoms with Gasteiger partial charge in [-0.05, 0) is 31.7 Å². The van der Waals surface area contributed by atoms with Crippen molar-refractivity contribution in [2.75, 3.05) is 38.3 Å². The van der Waals surface area contributed by atoms with E-state index in [-0.39, 0.29) is 5.91 Å². The van der Waals surface area contributed by atoms with Crippen LogP contribution in [-0.2, 0) is 4.74 Å². The van der Waals surface area contributed by atoms with Crippen LogP contribution in [0.15, 0.2) is 6.07 Å². The fourth-order valence-corrected chi connectivity index (χ4v) is 2.54. The maximum Gasteiger partial charge on any atom is 0.270 e. The van der Waals surface area contributed by atoms with Crippen LogP contribution >= 0.6 is 0 Å². The lowest BCUT2D eigenvalue weighted by Crippen LogP contribution is -2.36. The largest absolute Gasteiger partial charge is 0.383 e. The average molecular weight is 292 g/mol. The number of anilines is 1. The number of aryl methyl sites for hydroxylation is 1. The molecule has 2 heterocycles. The molecule has 1 aromatic rings. The molecule has 1 unspecified atom stereocenters. The molecule has 1 aromatic heterocycles. The van der Waals surface area contributed by atoms with Crippen LogP contribution in [0.5, 0.6) is 0 Å². The number of amides is 1. The van der Waals surface area contributed by atoms with Crippen LogP contribution in [0.3, 0.4) is 0 Å². The lowest BCUT2D eigenvalue weighted by atomic mass is 10.0. The van der Waals surface area contributed by atoms with Crippen molar-refractivity contribution in [2.24, 2.45) is 5.92 Å². The Bertz CT molecular complexity index is 493. The van der Waals surface area contributed by atoms with Gasteiger partial charge in [0.05, 0.1) is 6.61 Å². The van der Waals surface area contributed by atoms with E-state index >= 15 is 0 Å². The maximum atomic E-state index is 12.1. The number of methoxy groups -OCH3 is 1. The summed E-state index contributed by atoms with van der Waals surface area (Å²) in [5.74, 6) is 1.13. The minimum Gasteiger partial charge on any atom is -0.383 e. The van der Waals surface area contributed by atoms with E-state index in [9.17, 15) is 4.79 Å². The fourth-order valence-electron chi connectivity index (χ4n) is 2.54. The minimum absolute atomic E-state index is 0.177. The van der Waals surface area contributed by atoms with Gasteiger partial charge in [-0.3, -0.25) is 4.79 Å². The van der Waals surface area contributed by atoms with E-state index in [4.69, 9.17) is 4.74 Å². The van der Waals surface area contributed by atoms with Gasteiger partial charge in [0, 0.05) is 32.4 Å². The van der Waals surface area contributed by atoms with E-state index in [1.165, 1.54) is 6.42 Å². The van der Waals surface area contributed by atoms with Crippen molar-refractivity contribution in [3.8, 4) is 0 Å². The number of nitrogens with zero attached hydrogens (tertiary/aromatic N) is 3. The molecular weight excluding hydrogens is 268 g/mol. The molecule has 1 fully saturated rings. The summed E-state index contributed by atoms with van der Waals surface area (Å²) < 4.78 is 4.93. The highest BCUT2D eigenvalue weighted by atomic mass is 16.5. The third-order valence-electron chi connectivity index (χ3n) is 3.61. The van der Waals surface area contributed by atoms with Gasteiger partial charge in [-0.2, -0.15) is 0 Å².